The van der Waals surface area contributed by atoms with Gasteiger partial charge in [0.25, 0.3) is 5.91 Å². The molecule has 0 unspecified atom stereocenters. The largest absolute Gasteiger partial charge is 0.497 e. The molecule has 164 valence electrons. The van der Waals surface area contributed by atoms with Crippen LogP contribution in [0.3, 0.4) is 0 Å². The minimum absolute atomic E-state index is 0.0267. The van der Waals surface area contributed by atoms with Crippen LogP contribution in [0.5, 0.6) is 5.75 Å². The predicted octanol–water partition coefficient (Wildman–Crippen LogP) is 3.27. The standard InChI is InChI=1S/C22H22ClN7O2/c1-3-30-16-9-6-13(12-4-7-14(32-2)8-5-12)10-15(16)27-17(30)11-26-22(31)18-20(24)29-21(25)19(23)28-18/h4-10H,3,11H2,1-2H3,(H,26,31)(H4,24,25,29). The van der Waals surface area contributed by atoms with E-state index in [1.54, 1.807) is 7.11 Å². The van der Waals surface area contributed by atoms with E-state index in [1.807, 2.05) is 54.0 Å². The van der Waals surface area contributed by atoms with Crippen molar-refractivity contribution in [1.29, 1.82) is 0 Å². The van der Waals surface area contributed by atoms with Crippen molar-refractivity contribution >= 4 is 40.2 Å². The molecule has 2 aromatic heterocycles. The summed E-state index contributed by atoms with van der Waals surface area (Å²) in [5, 5.41) is 2.71. The molecular weight excluding hydrogens is 430 g/mol. The van der Waals surface area contributed by atoms with Gasteiger partial charge in [-0.05, 0) is 42.3 Å². The van der Waals surface area contributed by atoms with Crippen LogP contribution in [0.15, 0.2) is 42.5 Å². The van der Waals surface area contributed by atoms with Gasteiger partial charge >= 0.3 is 0 Å². The van der Waals surface area contributed by atoms with Gasteiger partial charge in [0.05, 0.1) is 24.7 Å². The van der Waals surface area contributed by atoms with Crippen molar-refractivity contribution < 1.29 is 9.53 Å². The fraction of sp³-hybridized carbons (Fsp3) is 0.182. The fourth-order valence-corrected chi connectivity index (χ4v) is 3.61. The van der Waals surface area contributed by atoms with E-state index in [2.05, 4.69) is 15.3 Å². The van der Waals surface area contributed by atoms with Crippen LogP contribution >= 0.6 is 11.6 Å². The maximum absolute atomic E-state index is 12.6. The summed E-state index contributed by atoms with van der Waals surface area (Å²) >= 11 is 5.87. The number of benzene rings is 2. The molecule has 0 spiro atoms. The number of aryl methyl sites for hydroxylation is 1. The SMILES string of the molecule is CCn1c(CNC(=O)c2nc(Cl)c(N)nc2N)nc2cc(-c3ccc(OC)cc3)ccc21. The van der Waals surface area contributed by atoms with Crippen LogP contribution in [0.25, 0.3) is 22.2 Å². The maximum atomic E-state index is 12.6. The number of hydrogen-bond acceptors (Lipinski definition) is 7. The number of halogens is 1. The van der Waals surface area contributed by atoms with Crippen LogP contribution < -0.4 is 21.5 Å². The molecule has 0 radical (unpaired) electrons. The van der Waals surface area contributed by atoms with Gasteiger partial charge in [-0.25, -0.2) is 15.0 Å². The second-order valence-corrected chi connectivity index (χ2v) is 7.38. The molecule has 4 aromatic rings. The number of nitrogens with one attached hydrogen (secondary N) is 1. The van der Waals surface area contributed by atoms with Crippen molar-refractivity contribution in [2.45, 2.75) is 20.0 Å². The minimum atomic E-state index is -0.509. The summed E-state index contributed by atoms with van der Waals surface area (Å²) in [4.78, 5) is 25.1. The summed E-state index contributed by atoms with van der Waals surface area (Å²) in [6.07, 6.45) is 0. The van der Waals surface area contributed by atoms with Crippen LogP contribution in [0.1, 0.15) is 23.2 Å². The Balaban J connectivity index is 1.60. The third-order valence-electron chi connectivity index (χ3n) is 5.09. The molecule has 32 heavy (non-hydrogen) atoms. The summed E-state index contributed by atoms with van der Waals surface area (Å²) in [6, 6.07) is 13.9. The van der Waals surface area contributed by atoms with Crippen molar-refractivity contribution in [3.63, 3.8) is 0 Å². The lowest BCUT2D eigenvalue weighted by Crippen LogP contribution is -2.27. The highest BCUT2D eigenvalue weighted by Gasteiger charge is 2.17. The molecule has 0 saturated heterocycles. The van der Waals surface area contributed by atoms with Crippen molar-refractivity contribution in [3.8, 4) is 16.9 Å². The zero-order chi connectivity index (χ0) is 22.8. The number of ether oxygens (including phenoxy) is 1. The molecule has 1 amide bonds. The topological polar surface area (TPSA) is 134 Å². The molecule has 4 rings (SSSR count). The number of imidazole rings is 1. The first-order chi connectivity index (χ1) is 15.4. The van der Waals surface area contributed by atoms with Gasteiger partial charge in [0.2, 0.25) is 0 Å². The Hall–Kier alpha value is -3.85. The van der Waals surface area contributed by atoms with Gasteiger partial charge < -0.3 is 26.1 Å². The number of carbonyl (C=O) groups is 1. The molecule has 2 aromatic carbocycles. The second kappa shape index (κ2) is 8.72. The number of amides is 1. The molecule has 0 aliphatic carbocycles. The third-order valence-corrected chi connectivity index (χ3v) is 5.37. The van der Waals surface area contributed by atoms with Crippen LogP contribution in [0.2, 0.25) is 5.15 Å². The Kier molecular flexibility index (Phi) is 5.83. The number of anilines is 2. The van der Waals surface area contributed by atoms with E-state index in [9.17, 15) is 4.79 Å². The fourth-order valence-electron chi connectivity index (χ4n) is 3.48. The van der Waals surface area contributed by atoms with Crippen molar-refractivity contribution in [2.75, 3.05) is 18.6 Å². The lowest BCUT2D eigenvalue weighted by Gasteiger charge is -2.09. The Bertz CT molecular complexity index is 1300. The Morgan fingerprint density at radius 1 is 1.06 bits per heavy atom. The molecule has 5 N–H and O–H groups in total. The van der Waals surface area contributed by atoms with Crippen LogP contribution in [-0.4, -0.2) is 32.5 Å². The number of aromatic nitrogens is 4. The molecule has 0 saturated carbocycles. The Morgan fingerprint density at radius 2 is 1.78 bits per heavy atom. The third kappa shape index (κ3) is 4.02. The van der Waals surface area contributed by atoms with Gasteiger partial charge in [0.1, 0.15) is 11.6 Å². The van der Waals surface area contributed by atoms with Crippen molar-refractivity contribution in [1.82, 2.24) is 24.8 Å². The van der Waals surface area contributed by atoms with Gasteiger partial charge in [-0.3, -0.25) is 4.79 Å². The van der Waals surface area contributed by atoms with Crippen LogP contribution in [0, 0.1) is 0 Å². The van der Waals surface area contributed by atoms with E-state index >= 15 is 0 Å². The lowest BCUT2D eigenvalue weighted by molar-refractivity contribution is 0.0945. The number of methoxy groups -OCH3 is 1. The molecule has 10 heteroatoms. The number of nitrogens with two attached hydrogens (primary N) is 2. The van der Waals surface area contributed by atoms with Crippen LogP contribution in [-0.2, 0) is 13.1 Å². The number of nitrogens with zero attached hydrogens (tertiary/aromatic N) is 4. The number of rotatable bonds is 6. The number of hydrogen-bond donors (Lipinski definition) is 3. The van der Waals surface area contributed by atoms with E-state index in [1.165, 1.54) is 0 Å². The second-order valence-electron chi connectivity index (χ2n) is 7.02. The molecule has 0 aliphatic rings. The highest BCUT2D eigenvalue weighted by molar-refractivity contribution is 6.31. The lowest BCUT2D eigenvalue weighted by atomic mass is 10.1. The first-order valence-corrected chi connectivity index (χ1v) is 10.3. The first-order valence-electron chi connectivity index (χ1n) is 9.91. The Labute approximate surface area is 189 Å². The quantitative estimate of drug-likeness (QED) is 0.409. The molecular formula is C22H22ClN7O2. The Morgan fingerprint density at radius 3 is 2.47 bits per heavy atom. The normalized spacial score (nSPS) is 11.0. The highest BCUT2D eigenvalue weighted by Crippen LogP contribution is 2.27. The first kappa shape index (κ1) is 21.4. The van der Waals surface area contributed by atoms with E-state index in [0.29, 0.717) is 12.4 Å². The summed E-state index contributed by atoms with van der Waals surface area (Å²) in [5.74, 6) is 0.885. The molecule has 9 nitrogen and oxygen atoms in total. The number of carbonyl (C=O) groups excluding carboxylic acids is 1. The van der Waals surface area contributed by atoms with Gasteiger partial charge in [-0.15, -0.1) is 0 Å². The summed E-state index contributed by atoms with van der Waals surface area (Å²) in [7, 11) is 1.64. The average Bonchev–Trinajstić information content (AvgIpc) is 3.16. The van der Waals surface area contributed by atoms with Gasteiger partial charge in [-0.1, -0.05) is 29.8 Å². The zero-order valence-corrected chi connectivity index (χ0v) is 18.3. The average molecular weight is 452 g/mol. The molecule has 2 heterocycles. The zero-order valence-electron chi connectivity index (χ0n) is 17.6. The van der Waals surface area contributed by atoms with Crippen LogP contribution in [0.4, 0.5) is 11.6 Å². The maximum Gasteiger partial charge on any atom is 0.274 e. The van der Waals surface area contributed by atoms with Gasteiger partial charge in [0, 0.05) is 6.54 Å². The van der Waals surface area contributed by atoms with E-state index < -0.39 is 5.91 Å². The summed E-state index contributed by atoms with van der Waals surface area (Å²) in [5.41, 5.74) is 15.2. The van der Waals surface area contributed by atoms with E-state index in [0.717, 1.165) is 27.9 Å². The monoisotopic (exact) mass is 451 g/mol. The van der Waals surface area contributed by atoms with E-state index in [4.69, 9.17) is 32.8 Å². The van der Waals surface area contributed by atoms with Crippen molar-refractivity contribution in [2.24, 2.45) is 0 Å². The molecule has 0 fully saturated rings. The minimum Gasteiger partial charge on any atom is -0.497 e. The predicted molar refractivity (Wildman–Crippen MR) is 124 cm³/mol. The van der Waals surface area contributed by atoms with Gasteiger partial charge in [0.15, 0.2) is 22.5 Å². The molecule has 0 bridgehead atoms. The summed E-state index contributed by atoms with van der Waals surface area (Å²) in [6.45, 7) is 2.90. The van der Waals surface area contributed by atoms with Gasteiger partial charge in [-0.2, -0.15) is 0 Å². The van der Waals surface area contributed by atoms with Crippen molar-refractivity contribution in [3.05, 3.63) is 59.1 Å². The van der Waals surface area contributed by atoms with E-state index in [-0.39, 0.29) is 29.0 Å². The summed E-state index contributed by atoms with van der Waals surface area (Å²) < 4.78 is 7.27. The highest BCUT2D eigenvalue weighted by atomic mass is 35.5. The molecule has 0 atom stereocenters. The smallest absolute Gasteiger partial charge is 0.274 e. The molecule has 0 aliphatic heterocycles. The number of fused-ring (bicyclic) bond motifs is 1. The number of nitrogen functional groups attached to an aromatic ring is 2.